The summed E-state index contributed by atoms with van der Waals surface area (Å²) in [6, 6.07) is 4.69. The second-order valence-electron chi connectivity index (χ2n) is 12.3. The molecule has 1 N–H and O–H groups in total. The molecule has 2 unspecified atom stereocenters. The summed E-state index contributed by atoms with van der Waals surface area (Å²) in [5.74, 6) is 1.49. The highest BCUT2D eigenvalue weighted by atomic mass is 16.3. The third-order valence-electron chi connectivity index (χ3n) is 8.59. The maximum absolute atomic E-state index is 11.2. The van der Waals surface area contributed by atoms with Crippen LogP contribution in [0.5, 0.6) is 5.75 Å². The van der Waals surface area contributed by atoms with E-state index < -0.39 is 0 Å². The van der Waals surface area contributed by atoms with E-state index in [2.05, 4.69) is 46.8 Å². The Morgan fingerprint density at radius 3 is 1.16 bits per heavy atom. The van der Waals surface area contributed by atoms with E-state index in [0.29, 0.717) is 17.6 Å². The number of hydrogen-bond acceptors (Lipinski definition) is 1. The Labute approximate surface area is 233 Å². The van der Waals surface area contributed by atoms with Crippen LogP contribution in [0.1, 0.15) is 204 Å². The van der Waals surface area contributed by atoms with E-state index in [0.717, 1.165) is 0 Å². The summed E-state index contributed by atoms with van der Waals surface area (Å²) in [5.41, 5.74) is 3.88. The van der Waals surface area contributed by atoms with Crippen LogP contribution in [-0.2, 0) is 6.42 Å². The lowest BCUT2D eigenvalue weighted by molar-refractivity contribution is 0.443. The van der Waals surface area contributed by atoms with Crippen molar-refractivity contribution in [3.8, 4) is 5.75 Å². The van der Waals surface area contributed by atoms with Gasteiger partial charge in [-0.05, 0) is 54.2 Å². The fraction of sp³-hybridized carbons (Fsp3) is 0.833. The molecule has 0 aromatic heterocycles. The van der Waals surface area contributed by atoms with Gasteiger partial charge in [0, 0.05) is 0 Å². The van der Waals surface area contributed by atoms with Crippen molar-refractivity contribution >= 4 is 0 Å². The van der Waals surface area contributed by atoms with Gasteiger partial charge in [-0.15, -0.1) is 0 Å². The Bertz CT molecular complexity index is 613. The van der Waals surface area contributed by atoms with Gasteiger partial charge in [-0.1, -0.05) is 169 Å². The molecule has 0 heterocycles. The SMILES string of the molecule is CCCCCCCCCCCCCCCCCCc1cc(C(C)CCCC)c(O)c(C(C)CCCC)c1. The molecule has 0 saturated heterocycles. The molecule has 0 spiro atoms. The minimum Gasteiger partial charge on any atom is -0.507 e. The second-order valence-corrected chi connectivity index (χ2v) is 12.3. The smallest absolute Gasteiger partial charge is 0.122 e. The number of benzene rings is 1. The van der Waals surface area contributed by atoms with Crippen molar-refractivity contribution in [2.45, 2.75) is 194 Å². The van der Waals surface area contributed by atoms with E-state index in [4.69, 9.17) is 0 Å². The molecule has 1 heteroatoms. The highest BCUT2D eigenvalue weighted by molar-refractivity contribution is 5.47. The maximum Gasteiger partial charge on any atom is 0.122 e. The molecule has 216 valence electrons. The van der Waals surface area contributed by atoms with E-state index in [-0.39, 0.29) is 0 Å². The first-order valence-corrected chi connectivity index (χ1v) is 16.9. The van der Waals surface area contributed by atoms with Crippen molar-refractivity contribution in [2.75, 3.05) is 0 Å². The molecule has 0 radical (unpaired) electrons. The Kier molecular flexibility index (Phi) is 21.1. The molecule has 37 heavy (non-hydrogen) atoms. The van der Waals surface area contributed by atoms with Gasteiger partial charge in [-0.2, -0.15) is 0 Å². The minimum absolute atomic E-state index is 0.447. The highest BCUT2D eigenvalue weighted by Gasteiger charge is 2.19. The topological polar surface area (TPSA) is 20.2 Å². The van der Waals surface area contributed by atoms with E-state index in [9.17, 15) is 5.11 Å². The van der Waals surface area contributed by atoms with Crippen LogP contribution in [0.15, 0.2) is 12.1 Å². The van der Waals surface area contributed by atoms with E-state index in [1.54, 1.807) is 0 Å². The number of aromatic hydroxyl groups is 1. The number of rotatable bonds is 25. The van der Waals surface area contributed by atoms with Crippen LogP contribution >= 0.6 is 0 Å². The molecular weight excluding hydrogens is 448 g/mol. The monoisotopic (exact) mass is 515 g/mol. The molecule has 1 nitrogen and oxygen atoms in total. The third-order valence-corrected chi connectivity index (χ3v) is 8.59. The molecule has 0 bridgehead atoms. The Balaban J connectivity index is 2.31. The van der Waals surface area contributed by atoms with Crippen LogP contribution in [0.4, 0.5) is 0 Å². The lowest BCUT2D eigenvalue weighted by Crippen LogP contribution is -2.03. The summed E-state index contributed by atoms with van der Waals surface area (Å²) < 4.78 is 0. The summed E-state index contributed by atoms with van der Waals surface area (Å²) in [4.78, 5) is 0. The maximum atomic E-state index is 11.2. The summed E-state index contributed by atoms with van der Waals surface area (Å²) >= 11 is 0. The van der Waals surface area contributed by atoms with Gasteiger partial charge in [0.15, 0.2) is 0 Å². The van der Waals surface area contributed by atoms with Gasteiger partial charge >= 0.3 is 0 Å². The number of aryl methyl sites for hydroxylation is 1. The van der Waals surface area contributed by atoms with Gasteiger partial charge in [-0.25, -0.2) is 0 Å². The Hall–Kier alpha value is -0.980. The number of phenolic OH excluding ortho intramolecular Hbond substituents is 1. The molecule has 0 aliphatic rings. The number of unbranched alkanes of at least 4 members (excludes halogenated alkanes) is 17. The van der Waals surface area contributed by atoms with Gasteiger partial charge in [-0.3, -0.25) is 0 Å². The third kappa shape index (κ3) is 15.9. The largest absolute Gasteiger partial charge is 0.507 e. The quantitative estimate of drug-likeness (QED) is 0.129. The summed E-state index contributed by atoms with van der Waals surface area (Å²) in [5, 5.41) is 11.2. The van der Waals surface area contributed by atoms with Crippen LogP contribution in [0.25, 0.3) is 0 Å². The average Bonchev–Trinajstić information content (AvgIpc) is 2.90. The van der Waals surface area contributed by atoms with Crippen LogP contribution < -0.4 is 0 Å². The summed E-state index contributed by atoms with van der Waals surface area (Å²) in [6.45, 7) is 11.4. The first-order chi connectivity index (χ1) is 18.0. The summed E-state index contributed by atoms with van der Waals surface area (Å²) in [6.07, 6.45) is 31.2. The predicted octanol–water partition coefficient (Wildman–Crippen LogP) is 12.8. The van der Waals surface area contributed by atoms with Crippen molar-refractivity contribution in [2.24, 2.45) is 0 Å². The zero-order valence-electron chi connectivity index (χ0n) is 26.0. The van der Waals surface area contributed by atoms with E-state index in [1.165, 1.54) is 164 Å². The number of phenols is 1. The molecule has 1 aromatic rings. The van der Waals surface area contributed by atoms with E-state index in [1.807, 2.05) is 0 Å². The van der Waals surface area contributed by atoms with Crippen molar-refractivity contribution in [3.05, 3.63) is 28.8 Å². The average molecular weight is 515 g/mol. The molecule has 0 aliphatic carbocycles. The van der Waals surface area contributed by atoms with Crippen LogP contribution in [0.2, 0.25) is 0 Å². The Morgan fingerprint density at radius 1 is 0.486 bits per heavy atom. The zero-order valence-corrected chi connectivity index (χ0v) is 26.0. The van der Waals surface area contributed by atoms with Crippen molar-refractivity contribution < 1.29 is 5.11 Å². The van der Waals surface area contributed by atoms with Gasteiger partial charge in [0.1, 0.15) is 5.75 Å². The van der Waals surface area contributed by atoms with E-state index >= 15 is 0 Å². The van der Waals surface area contributed by atoms with Gasteiger partial charge in [0.2, 0.25) is 0 Å². The van der Waals surface area contributed by atoms with Crippen molar-refractivity contribution in [3.63, 3.8) is 0 Å². The van der Waals surface area contributed by atoms with Crippen LogP contribution in [-0.4, -0.2) is 5.11 Å². The molecule has 0 fully saturated rings. The second kappa shape index (κ2) is 23.0. The molecule has 1 aromatic carbocycles. The molecule has 0 aliphatic heterocycles. The van der Waals surface area contributed by atoms with Crippen molar-refractivity contribution in [1.29, 1.82) is 0 Å². The Morgan fingerprint density at radius 2 is 0.811 bits per heavy atom. The first kappa shape index (κ1) is 34.0. The predicted molar refractivity (Wildman–Crippen MR) is 167 cm³/mol. The lowest BCUT2D eigenvalue weighted by Gasteiger charge is -2.21. The number of hydrogen-bond donors (Lipinski definition) is 1. The standard InChI is InChI=1S/C36H66O/c1-6-9-12-13-14-15-16-17-18-19-20-21-22-23-24-25-28-33-29-34(31(4)26-10-7-2)36(37)35(30-33)32(5)27-11-8-3/h29-32,37H,6-28H2,1-5H3. The molecule has 0 amide bonds. The van der Waals surface area contributed by atoms with Gasteiger partial charge in [0.25, 0.3) is 0 Å². The van der Waals surface area contributed by atoms with Gasteiger partial charge in [0.05, 0.1) is 0 Å². The first-order valence-electron chi connectivity index (χ1n) is 16.9. The fourth-order valence-corrected chi connectivity index (χ4v) is 5.85. The summed E-state index contributed by atoms with van der Waals surface area (Å²) in [7, 11) is 0. The van der Waals surface area contributed by atoms with Gasteiger partial charge < -0.3 is 5.11 Å². The fourth-order valence-electron chi connectivity index (χ4n) is 5.85. The molecule has 0 saturated carbocycles. The zero-order chi connectivity index (χ0) is 27.1. The lowest BCUT2D eigenvalue weighted by atomic mass is 9.85. The molecular formula is C36H66O. The van der Waals surface area contributed by atoms with Crippen molar-refractivity contribution in [1.82, 2.24) is 0 Å². The highest BCUT2D eigenvalue weighted by Crippen LogP contribution is 2.38. The minimum atomic E-state index is 0.447. The molecule has 1 rings (SSSR count). The van der Waals surface area contributed by atoms with Crippen LogP contribution in [0, 0.1) is 0 Å². The van der Waals surface area contributed by atoms with Crippen LogP contribution in [0.3, 0.4) is 0 Å². The molecule has 2 atom stereocenters. The normalized spacial score (nSPS) is 13.2.